The lowest BCUT2D eigenvalue weighted by molar-refractivity contribution is 0.559. The molecule has 0 saturated heterocycles. The molecule has 0 aliphatic carbocycles. The van der Waals surface area contributed by atoms with Crippen LogP contribution >= 0.6 is 0 Å². The van der Waals surface area contributed by atoms with Crippen LogP contribution in [-0.4, -0.2) is 36.2 Å². The molecule has 1 heterocycles. The summed E-state index contributed by atoms with van der Waals surface area (Å²) in [6.07, 6.45) is 3.05. The van der Waals surface area contributed by atoms with Gasteiger partial charge in [-0.25, -0.2) is 8.42 Å². The summed E-state index contributed by atoms with van der Waals surface area (Å²) >= 11 is 0. The molecular weight excluding hydrogens is 226 g/mol. The maximum Gasteiger partial charge on any atom is 0.148 e. The number of hydrogen-bond acceptors (Lipinski definition) is 4. The molecular formula is C10H19N3O2S. The summed E-state index contributed by atoms with van der Waals surface area (Å²) in [6.45, 7) is 4.51. The summed E-state index contributed by atoms with van der Waals surface area (Å²) in [5.74, 6) is 0.159. The minimum atomic E-state index is -2.92. The van der Waals surface area contributed by atoms with Gasteiger partial charge in [0.1, 0.15) is 9.84 Å². The van der Waals surface area contributed by atoms with Crippen molar-refractivity contribution in [2.75, 3.05) is 12.0 Å². The third-order valence-electron chi connectivity index (χ3n) is 2.53. The van der Waals surface area contributed by atoms with Gasteiger partial charge in [0.2, 0.25) is 0 Å². The third-order valence-corrected chi connectivity index (χ3v) is 3.64. The standard InChI is InChI=1S/C10H19N3O2S/c1-8(7-16(4,14)15)11-5-10-6-12-13(3)9(10)2/h6,8,11H,5,7H2,1-4H3. The van der Waals surface area contributed by atoms with Crippen molar-refractivity contribution in [3.05, 3.63) is 17.5 Å². The summed E-state index contributed by atoms with van der Waals surface area (Å²) < 4.78 is 23.9. The van der Waals surface area contributed by atoms with Crippen LogP contribution in [0.1, 0.15) is 18.2 Å². The summed E-state index contributed by atoms with van der Waals surface area (Å²) in [5.41, 5.74) is 2.20. The van der Waals surface area contributed by atoms with Crippen LogP contribution in [0.3, 0.4) is 0 Å². The second-order valence-corrected chi connectivity index (χ2v) is 6.44. The van der Waals surface area contributed by atoms with Crippen molar-refractivity contribution in [2.24, 2.45) is 7.05 Å². The molecule has 92 valence electrons. The minimum absolute atomic E-state index is 0.0467. The van der Waals surface area contributed by atoms with Crippen molar-refractivity contribution >= 4 is 9.84 Å². The van der Waals surface area contributed by atoms with Crippen LogP contribution in [0.25, 0.3) is 0 Å². The highest BCUT2D eigenvalue weighted by Crippen LogP contribution is 2.05. The van der Waals surface area contributed by atoms with E-state index in [0.717, 1.165) is 11.3 Å². The molecule has 0 fully saturated rings. The second-order valence-electron chi connectivity index (χ2n) is 4.25. The van der Waals surface area contributed by atoms with Crippen LogP contribution in [0.5, 0.6) is 0 Å². The summed E-state index contributed by atoms with van der Waals surface area (Å²) in [5, 5.41) is 7.30. The van der Waals surface area contributed by atoms with Gasteiger partial charge in [-0.1, -0.05) is 0 Å². The predicted molar refractivity (Wildman–Crippen MR) is 64.0 cm³/mol. The zero-order chi connectivity index (χ0) is 12.3. The number of aryl methyl sites for hydroxylation is 1. The maximum atomic E-state index is 11.1. The Labute approximate surface area is 96.8 Å². The number of nitrogens with one attached hydrogen (secondary N) is 1. The van der Waals surface area contributed by atoms with Gasteiger partial charge in [-0.15, -0.1) is 0 Å². The van der Waals surface area contributed by atoms with Crippen molar-refractivity contribution in [1.29, 1.82) is 0 Å². The second kappa shape index (κ2) is 4.97. The first-order chi connectivity index (χ1) is 7.29. The maximum absolute atomic E-state index is 11.1. The van der Waals surface area contributed by atoms with Crippen molar-refractivity contribution in [3.63, 3.8) is 0 Å². The molecule has 0 aromatic carbocycles. The molecule has 1 rings (SSSR count). The Hall–Kier alpha value is -0.880. The van der Waals surface area contributed by atoms with E-state index in [9.17, 15) is 8.42 Å². The van der Waals surface area contributed by atoms with Crippen LogP contribution in [0.15, 0.2) is 6.20 Å². The first-order valence-corrected chi connectivity index (χ1v) is 7.24. The van der Waals surface area contributed by atoms with Crippen LogP contribution in [0, 0.1) is 6.92 Å². The molecule has 5 nitrogen and oxygen atoms in total. The lowest BCUT2D eigenvalue weighted by Crippen LogP contribution is -2.32. The number of aromatic nitrogens is 2. The highest BCUT2D eigenvalue weighted by molar-refractivity contribution is 7.90. The monoisotopic (exact) mass is 245 g/mol. The van der Waals surface area contributed by atoms with Gasteiger partial charge in [0.15, 0.2) is 0 Å². The fraction of sp³-hybridized carbons (Fsp3) is 0.700. The van der Waals surface area contributed by atoms with Gasteiger partial charge < -0.3 is 5.32 Å². The molecule has 1 unspecified atom stereocenters. The molecule has 1 atom stereocenters. The predicted octanol–water partition coefficient (Wildman–Crippen LogP) is 0.251. The fourth-order valence-electron chi connectivity index (χ4n) is 1.51. The van der Waals surface area contributed by atoms with E-state index >= 15 is 0 Å². The molecule has 0 aliphatic rings. The largest absolute Gasteiger partial charge is 0.309 e. The highest BCUT2D eigenvalue weighted by atomic mass is 32.2. The quantitative estimate of drug-likeness (QED) is 0.808. The Morgan fingerprint density at radius 3 is 2.62 bits per heavy atom. The lowest BCUT2D eigenvalue weighted by Gasteiger charge is -2.12. The first kappa shape index (κ1) is 13.2. The van der Waals surface area contributed by atoms with Gasteiger partial charge in [-0.3, -0.25) is 4.68 Å². The molecule has 0 amide bonds. The van der Waals surface area contributed by atoms with E-state index < -0.39 is 9.84 Å². The van der Waals surface area contributed by atoms with E-state index in [0.29, 0.717) is 6.54 Å². The van der Waals surface area contributed by atoms with Gasteiger partial charge in [0, 0.05) is 37.1 Å². The van der Waals surface area contributed by atoms with E-state index in [1.807, 2.05) is 20.9 Å². The molecule has 0 radical (unpaired) electrons. The molecule has 6 heteroatoms. The first-order valence-electron chi connectivity index (χ1n) is 5.18. The molecule has 0 spiro atoms. The molecule has 0 bridgehead atoms. The molecule has 0 saturated carbocycles. The minimum Gasteiger partial charge on any atom is -0.309 e. The van der Waals surface area contributed by atoms with Crippen LogP contribution in [0.2, 0.25) is 0 Å². The topological polar surface area (TPSA) is 64.0 Å². The number of hydrogen-bond donors (Lipinski definition) is 1. The molecule has 1 aromatic rings. The van der Waals surface area contributed by atoms with Crippen molar-refractivity contribution < 1.29 is 8.42 Å². The zero-order valence-electron chi connectivity index (χ0n) is 10.2. The number of rotatable bonds is 5. The molecule has 0 aliphatic heterocycles. The number of nitrogens with zero attached hydrogens (tertiary/aromatic N) is 2. The Bertz CT molecular complexity index is 451. The van der Waals surface area contributed by atoms with E-state index in [1.54, 1.807) is 10.9 Å². The third kappa shape index (κ3) is 3.94. The van der Waals surface area contributed by atoms with Gasteiger partial charge in [-0.2, -0.15) is 5.10 Å². The summed E-state index contributed by atoms with van der Waals surface area (Å²) in [7, 11) is -1.03. The molecule has 1 N–H and O–H groups in total. The Kier molecular flexibility index (Phi) is 4.09. The van der Waals surface area contributed by atoms with Gasteiger partial charge >= 0.3 is 0 Å². The molecule has 16 heavy (non-hydrogen) atoms. The fourth-order valence-corrected chi connectivity index (χ4v) is 2.54. The van der Waals surface area contributed by atoms with Crippen molar-refractivity contribution in [3.8, 4) is 0 Å². The highest BCUT2D eigenvalue weighted by Gasteiger charge is 2.11. The van der Waals surface area contributed by atoms with E-state index in [2.05, 4.69) is 10.4 Å². The van der Waals surface area contributed by atoms with E-state index in [1.165, 1.54) is 6.26 Å². The average molecular weight is 245 g/mol. The van der Waals surface area contributed by atoms with Gasteiger partial charge in [0.05, 0.1) is 11.9 Å². The van der Waals surface area contributed by atoms with E-state index in [-0.39, 0.29) is 11.8 Å². The Morgan fingerprint density at radius 1 is 1.56 bits per heavy atom. The van der Waals surface area contributed by atoms with E-state index in [4.69, 9.17) is 0 Å². The van der Waals surface area contributed by atoms with Crippen LogP contribution < -0.4 is 5.32 Å². The summed E-state index contributed by atoms with van der Waals surface area (Å²) in [6, 6.07) is -0.0467. The van der Waals surface area contributed by atoms with Crippen molar-refractivity contribution in [2.45, 2.75) is 26.4 Å². The zero-order valence-corrected chi connectivity index (χ0v) is 11.0. The average Bonchev–Trinajstić information content (AvgIpc) is 2.42. The smallest absolute Gasteiger partial charge is 0.148 e. The Balaban J connectivity index is 2.49. The lowest BCUT2D eigenvalue weighted by atomic mass is 10.2. The van der Waals surface area contributed by atoms with Gasteiger partial charge in [0.25, 0.3) is 0 Å². The van der Waals surface area contributed by atoms with Gasteiger partial charge in [-0.05, 0) is 13.8 Å². The number of sulfone groups is 1. The van der Waals surface area contributed by atoms with Crippen LogP contribution in [0.4, 0.5) is 0 Å². The molecule has 1 aromatic heterocycles. The van der Waals surface area contributed by atoms with Crippen molar-refractivity contribution in [1.82, 2.24) is 15.1 Å². The summed E-state index contributed by atoms with van der Waals surface area (Å²) in [4.78, 5) is 0. The SMILES string of the molecule is Cc1c(CNC(C)CS(C)(=O)=O)cnn1C. The normalized spacial score (nSPS) is 14.0. The Morgan fingerprint density at radius 2 is 2.19 bits per heavy atom. The van der Waals surface area contributed by atoms with Crippen LogP contribution in [-0.2, 0) is 23.4 Å².